The molecule has 1 amide bonds. The van der Waals surface area contributed by atoms with Crippen molar-refractivity contribution in [3.8, 4) is 0 Å². The highest BCUT2D eigenvalue weighted by molar-refractivity contribution is 7.20. The van der Waals surface area contributed by atoms with Gasteiger partial charge in [0.1, 0.15) is 0 Å². The van der Waals surface area contributed by atoms with E-state index in [1.54, 1.807) is 16.2 Å². The first-order chi connectivity index (χ1) is 10.9. The Bertz CT molecular complexity index is 663. The van der Waals surface area contributed by atoms with Gasteiger partial charge in [-0.05, 0) is 12.8 Å². The first kappa shape index (κ1) is 16.0. The maximum absolute atomic E-state index is 11.5. The number of fused-ring (bicyclic) bond motifs is 1. The fourth-order valence-electron chi connectivity index (χ4n) is 2.63. The molecule has 2 aromatic heterocycles. The molecule has 0 aromatic carbocycles. The number of likely N-dealkylation sites (tertiary alicyclic amines) is 1. The molecule has 126 valence electrons. The number of amides is 1. The summed E-state index contributed by atoms with van der Waals surface area (Å²) in [6.45, 7) is 7.86. The number of methoxy groups -OCH3 is 1. The zero-order chi connectivity index (χ0) is 16.6. The van der Waals surface area contributed by atoms with Gasteiger partial charge >= 0.3 is 6.09 Å². The van der Waals surface area contributed by atoms with E-state index in [1.807, 2.05) is 10.7 Å². The third-order valence-corrected chi connectivity index (χ3v) is 4.92. The van der Waals surface area contributed by atoms with Gasteiger partial charge in [-0.1, -0.05) is 32.1 Å². The predicted molar refractivity (Wildman–Crippen MR) is 90.2 cm³/mol. The molecule has 2 aromatic rings. The van der Waals surface area contributed by atoms with E-state index in [1.165, 1.54) is 7.11 Å². The maximum atomic E-state index is 11.5. The van der Waals surface area contributed by atoms with E-state index in [2.05, 4.69) is 36.2 Å². The van der Waals surface area contributed by atoms with E-state index in [0.29, 0.717) is 19.1 Å². The molecular weight excluding hydrogens is 314 g/mol. The highest BCUT2D eigenvalue weighted by atomic mass is 32.1. The SMILES string of the molecule is COC(=O)N1CCC(Nc2nn3cc(C(C)(C)C)nc3s2)CC1. The molecule has 0 unspecified atom stereocenters. The van der Waals surface area contributed by atoms with Crippen LogP contribution in [0.2, 0.25) is 0 Å². The minimum absolute atomic E-state index is 0.0295. The van der Waals surface area contributed by atoms with Crippen molar-refractivity contribution >= 4 is 27.5 Å². The van der Waals surface area contributed by atoms with Crippen LogP contribution in [0.3, 0.4) is 0 Å². The van der Waals surface area contributed by atoms with Crippen molar-refractivity contribution < 1.29 is 9.53 Å². The molecule has 0 radical (unpaired) electrons. The van der Waals surface area contributed by atoms with Crippen LogP contribution in [0.25, 0.3) is 4.96 Å². The van der Waals surface area contributed by atoms with E-state index >= 15 is 0 Å². The van der Waals surface area contributed by atoms with E-state index in [0.717, 1.165) is 28.6 Å². The van der Waals surface area contributed by atoms with Gasteiger partial charge in [-0.2, -0.15) is 0 Å². The molecule has 1 aliphatic heterocycles. The number of carbonyl (C=O) groups is 1. The molecule has 0 bridgehead atoms. The molecule has 1 aliphatic rings. The molecular formula is C15H23N5O2S. The fourth-order valence-corrected chi connectivity index (χ4v) is 3.49. The van der Waals surface area contributed by atoms with E-state index in [-0.39, 0.29) is 11.5 Å². The number of carbonyl (C=O) groups excluding carboxylic acids is 1. The van der Waals surface area contributed by atoms with Crippen LogP contribution in [0.15, 0.2) is 6.20 Å². The molecule has 1 fully saturated rings. The Labute approximate surface area is 139 Å². The van der Waals surface area contributed by atoms with Crippen molar-refractivity contribution in [3.63, 3.8) is 0 Å². The molecule has 0 saturated carbocycles. The molecule has 8 heteroatoms. The summed E-state index contributed by atoms with van der Waals surface area (Å²) in [6, 6.07) is 0.328. The molecule has 1 N–H and O–H groups in total. The third kappa shape index (κ3) is 3.41. The van der Waals surface area contributed by atoms with Gasteiger partial charge in [0.25, 0.3) is 0 Å². The van der Waals surface area contributed by atoms with Gasteiger partial charge in [-0.15, -0.1) is 5.10 Å². The van der Waals surface area contributed by atoms with Crippen LogP contribution in [-0.2, 0) is 10.2 Å². The second-order valence-electron chi connectivity index (χ2n) is 6.89. The smallest absolute Gasteiger partial charge is 0.409 e. The van der Waals surface area contributed by atoms with Gasteiger partial charge in [-0.25, -0.2) is 14.3 Å². The molecule has 0 atom stereocenters. The van der Waals surface area contributed by atoms with Crippen LogP contribution in [0.4, 0.5) is 9.93 Å². The Morgan fingerprint density at radius 2 is 2.09 bits per heavy atom. The first-order valence-corrected chi connectivity index (χ1v) is 8.64. The van der Waals surface area contributed by atoms with Crippen LogP contribution in [0.5, 0.6) is 0 Å². The number of rotatable bonds is 2. The number of ether oxygens (including phenoxy) is 1. The standard InChI is InChI=1S/C15H23N5O2S/c1-15(2,3)11-9-20-13(17-11)23-12(18-20)16-10-5-7-19(8-6-10)14(21)22-4/h9-10H,5-8H2,1-4H3,(H,16,18). The minimum Gasteiger partial charge on any atom is -0.453 e. The molecule has 23 heavy (non-hydrogen) atoms. The van der Waals surface area contributed by atoms with Crippen molar-refractivity contribution in [2.24, 2.45) is 0 Å². The lowest BCUT2D eigenvalue weighted by Gasteiger charge is -2.31. The zero-order valence-corrected chi connectivity index (χ0v) is 14.8. The number of imidazole rings is 1. The third-order valence-electron chi connectivity index (χ3n) is 4.07. The van der Waals surface area contributed by atoms with Gasteiger partial charge in [0.15, 0.2) is 0 Å². The predicted octanol–water partition coefficient (Wildman–Crippen LogP) is 2.73. The highest BCUT2D eigenvalue weighted by Gasteiger charge is 2.24. The van der Waals surface area contributed by atoms with Gasteiger partial charge < -0.3 is 15.0 Å². The zero-order valence-electron chi connectivity index (χ0n) is 14.0. The number of anilines is 1. The number of aromatic nitrogens is 3. The number of nitrogens with one attached hydrogen (secondary N) is 1. The lowest BCUT2D eigenvalue weighted by molar-refractivity contribution is 0.113. The monoisotopic (exact) mass is 337 g/mol. The van der Waals surface area contributed by atoms with E-state index < -0.39 is 0 Å². The van der Waals surface area contributed by atoms with E-state index in [4.69, 9.17) is 4.74 Å². The Morgan fingerprint density at radius 3 is 2.65 bits per heavy atom. The summed E-state index contributed by atoms with van der Waals surface area (Å²) in [5, 5.41) is 8.91. The maximum Gasteiger partial charge on any atom is 0.409 e. The second kappa shape index (κ2) is 5.99. The molecule has 0 aliphatic carbocycles. The topological polar surface area (TPSA) is 71.8 Å². The lowest BCUT2D eigenvalue weighted by atomic mass is 9.93. The van der Waals surface area contributed by atoms with Gasteiger partial charge in [0.2, 0.25) is 10.1 Å². The number of nitrogens with zero attached hydrogens (tertiary/aromatic N) is 4. The average Bonchev–Trinajstić information content (AvgIpc) is 3.05. The number of piperidine rings is 1. The molecule has 3 heterocycles. The number of hydrogen-bond donors (Lipinski definition) is 1. The summed E-state index contributed by atoms with van der Waals surface area (Å²) in [7, 11) is 1.42. The second-order valence-corrected chi connectivity index (χ2v) is 7.84. The Hall–Kier alpha value is -1.83. The van der Waals surface area contributed by atoms with Crippen molar-refractivity contribution in [1.29, 1.82) is 0 Å². The molecule has 3 rings (SSSR count). The average molecular weight is 337 g/mol. The Balaban J connectivity index is 1.62. The van der Waals surface area contributed by atoms with Gasteiger partial charge in [0, 0.05) is 24.5 Å². The van der Waals surface area contributed by atoms with Crippen molar-refractivity contribution in [2.45, 2.75) is 45.1 Å². The van der Waals surface area contributed by atoms with Crippen LogP contribution >= 0.6 is 11.3 Å². The minimum atomic E-state index is -0.245. The van der Waals surface area contributed by atoms with Crippen LogP contribution in [-0.4, -0.2) is 51.8 Å². The quantitative estimate of drug-likeness (QED) is 0.912. The Morgan fingerprint density at radius 1 is 1.39 bits per heavy atom. The summed E-state index contributed by atoms with van der Waals surface area (Å²) >= 11 is 1.56. The van der Waals surface area contributed by atoms with Gasteiger partial charge in [-0.3, -0.25) is 0 Å². The van der Waals surface area contributed by atoms with Crippen molar-refractivity contribution in [2.75, 3.05) is 25.5 Å². The summed E-state index contributed by atoms with van der Waals surface area (Å²) in [4.78, 5) is 18.8. The van der Waals surface area contributed by atoms with Gasteiger partial charge in [0.05, 0.1) is 19.0 Å². The van der Waals surface area contributed by atoms with Crippen molar-refractivity contribution in [1.82, 2.24) is 19.5 Å². The highest BCUT2D eigenvalue weighted by Crippen LogP contribution is 2.26. The summed E-state index contributed by atoms with van der Waals surface area (Å²) in [6.07, 6.45) is 3.54. The van der Waals surface area contributed by atoms with Crippen molar-refractivity contribution in [3.05, 3.63) is 11.9 Å². The van der Waals surface area contributed by atoms with Crippen LogP contribution in [0, 0.1) is 0 Å². The first-order valence-electron chi connectivity index (χ1n) is 7.83. The lowest BCUT2D eigenvalue weighted by Crippen LogP contribution is -2.42. The largest absolute Gasteiger partial charge is 0.453 e. The molecule has 0 spiro atoms. The normalized spacial score (nSPS) is 16.8. The van der Waals surface area contributed by atoms with Crippen LogP contribution < -0.4 is 5.32 Å². The summed E-state index contributed by atoms with van der Waals surface area (Å²) in [5.41, 5.74) is 1.08. The summed E-state index contributed by atoms with van der Waals surface area (Å²) < 4.78 is 6.60. The number of hydrogen-bond acceptors (Lipinski definition) is 6. The van der Waals surface area contributed by atoms with E-state index in [9.17, 15) is 4.79 Å². The molecule has 7 nitrogen and oxygen atoms in total. The fraction of sp³-hybridized carbons (Fsp3) is 0.667. The van der Waals surface area contributed by atoms with Crippen LogP contribution in [0.1, 0.15) is 39.3 Å². The molecule has 1 saturated heterocycles. The Kier molecular flexibility index (Phi) is 4.18. The summed E-state index contributed by atoms with van der Waals surface area (Å²) in [5.74, 6) is 0.